The van der Waals surface area contributed by atoms with E-state index in [-0.39, 0.29) is 16.1 Å². The van der Waals surface area contributed by atoms with Gasteiger partial charge in [0.05, 0.1) is 5.69 Å². The third-order valence-corrected chi connectivity index (χ3v) is 7.81. The molecule has 2 N–H and O–H groups in total. The Balaban J connectivity index is 1.45. The largest absolute Gasteiger partial charge is 0.364 e. The van der Waals surface area contributed by atoms with Gasteiger partial charge in [-0.2, -0.15) is 4.39 Å². The lowest BCUT2D eigenvalue weighted by atomic mass is 9.70. The monoisotopic (exact) mass is 465 g/mol. The number of pyridine rings is 1. The Bertz CT molecular complexity index is 1260. The van der Waals surface area contributed by atoms with Crippen molar-refractivity contribution in [1.82, 2.24) is 15.0 Å². The van der Waals surface area contributed by atoms with Gasteiger partial charge in [-0.1, -0.05) is 42.8 Å². The van der Waals surface area contributed by atoms with Gasteiger partial charge in [-0.3, -0.25) is 4.79 Å². The highest BCUT2D eigenvalue weighted by atomic mass is 35.5. The maximum Gasteiger partial charge on any atom is 0.268 e. The molecule has 5 rings (SSSR count). The average molecular weight is 466 g/mol. The molecule has 0 saturated carbocycles. The summed E-state index contributed by atoms with van der Waals surface area (Å²) in [5, 5.41) is -0.186. The van der Waals surface area contributed by atoms with Gasteiger partial charge in [0.2, 0.25) is 11.9 Å². The Hall–Kier alpha value is -3.06. The summed E-state index contributed by atoms with van der Waals surface area (Å²) < 4.78 is 14.0. The van der Waals surface area contributed by atoms with Crippen LogP contribution in [0, 0.1) is 18.3 Å². The number of carbonyl (C=O) groups is 1. The second kappa shape index (κ2) is 8.06. The van der Waals surface area contributed by atoms with E-state index in [0.717, 1.165) is 32.4 Å². The Labute approximate surface area is 197 Å². The van der Waals surface area contributed by atoms with Crippen molar-refractivity contribution in [2.75, 3.05) is 18.0 Å². The highest BCUT2D eigenvalue weighted by molar-refractivity contribution is 6.33. The van der Waals surface area contributed by atoms with Crippen molar-refractivity contribution in [1.29, 1.82) is 0 Å². The molecule has 0 unspecified atom stereocenters. The fraction of sp³-hybridized carbons (Fsp3) is 0.360. The number of hydrogen-bond acceptors (Lipinski definition) is 5. The third-order valence-electron chi connectivity index (χ3n) is 7.45. The summed E-state index contributed by atoms with van der Waals surface area (Å²) in [6, 6.07) is 10.3. The molecular formula is C25H25ClFN5O. The van der Waals surface area contributed by atoms with Gasteiger partial charge >= 0.3 is 0 Å². The summed E-state index contributed by atoms with van der Waals surface area (Å²) in [4.78, 5) is 27.2. The van der Waals surface area contributed by atoms with E-state index in [1.165, 1.54) is 23.4 Å². The molecule has 2 aromatic heterocycles. The number of amides is 1. The summed E-state index contributed by atoms with van der Waals surface area (Å²) >= 11 is 6.13. The van der Waals surface area contributed by atoms with E-state index in [2.05, 4.69) is 51.0 Å². The summed E-state index contributed by atoms with van der Waals surface area (Å²) in [6.07, 6.45) is 4.41. The van der Waals surface area contributed by atoms with Gasteiger partial charge in [0.15, 0.2) is 0 Å². The minimum atomic E-state index is -0.818. The third kappa shape index (κ3) is 3.55. The van der Waals surface area contributed by atoms with Crippen LogP contribution in [0.1, 0.15) is 53.0 Å². The summed E-state index contributed by atoms with van der Waals surface area (Å²) in [5.74, 6) is -0.557. The number of aromatic nitrogens is 3. The van der Waals surface area contributed by atoms with Crippen molar-refractivity contribution < 1.29 is 9.18 Å². The molecule has 33 heavy (non-hydrogen) atoms. The van der Waals surface area contributed by atoms with Crippen molar-refractivity contribution in [3.8, 4) is 11.1 Å². The van der Waals surface area contributed by atoms with Crippen molar-refractivity contribution >= 4 is 23.5 Å². The molecule has 8 heteroatoms. The van der Waals surface area contributed by atoms with Crippen LogP contribution >= 0.6 is 11.6 Å². The zero-order valence-electron chi connectivity index (χ0n) is 18.6. The van der Waals surface area contributed by atoms with Crippen LogP contribution in [0.5, 0.6) is 0 Å². The number of halogens is 2. The number of hydrogen-bond donors (Lipinski definition) is 1. The van der Waals surface area contributed by atoms with Crippen LogP contribution < -0.4 is 10.6 Å². The summed E-state index contributed by atoms with van der Waals surface area (Å²) in [7, 11) is 0. The summed E-state index contributed by atoms with van der Waals surface area (Å²) in [6.45, 7) is 5.67. The van der Waals surface area contributed by atoms with E-state index in [4.69, 9.17) is 17.3 Å². The molecule has 0 radical (unpaired) electrons. The molecule has 1 amide bonds. The van der Waals surface area contributed by atoms with E-state index in [1.54, 1.807) is 6.92 Å². The number of fused-ring (bicyclic) bond motifs is 1. The number of carbonyl (C=O) groups excluding carboxylic acids is 1. The van der Waals surface area contributed by atoms with Gasteiger partial charge in [0.1, 0.15) is 10.7 Å². The van der Waals surface area contributed by atoms with Gasteiger partial charge in [-0.15, -0.1) is 0 Å². The molecule has 1 aliphatic carbocycles. The Kier molecular flexibility index (Phi) is 5.32. The van der Waals surface area contributed by atoms with Crippen molar-refractivity contribution in [3.05, 3.63) is 70.0 Å². The first-order chi connectivity index (χ1) is 15.8. The minimum Gasteiger partial charge on any atom is -0.364 e. The van der Waals surface area contributed by atoms with Gasteiger partial charge in [-0.05, 0) is 54.7 Å². The number of primary amides is 1. The number of anilines is 1. The predicted molar refractivity (Wildman–Crippen MR) is 126 cm³/mol. The lowest BCUT2D eigenvalue weighted by Crippen LogP contribution is -2.42. The first-order valence-electron chi connectivity index (χ1n) is 11.1. The maximum atomic E-state index is 14.0. The van der Waals surface area contributed by atoms with Crippen LogP contribution in [0.4, 0.5) is 10.3 Å². The van der Waals surface area contributed by atoms with Crippen LogP contribution in [-0.2, 0) is 6.42 Å². The topological polar surface area (TPSA) is 85.0 Å². The second-order valence-corrected chi connectivity index (χ2v) is 9.48. The Morgan fingerprint density at radius 2 is 1.94 bits per heavy atom. The van der Waals surface area contributed by atoms with Crippen LogP contribution in [-0.4, -0.2) is 33.9 Å². The number of rotatable bonds is 3. The van der Waals surface area contributed by atoms with Gasteiger partial charge in [0.25, 0.3) is 5.91 Å². The molecule has 0 bridgehead atoms. The minimum absolute atomic E-state index is 0.0342. The number of nitrogens with zero attached hydrogens (tertiary/aromatic N) is 4. The molecule has 170 valence electrons. The van der Waals surface area contributed by atoms with Gasteiger partial charge < -0.3 is 10.6 Å². The van der Waals surface area contributed by atoms with Crippen molar-refractivity contribution in [3.63, 3.8) is 0 Å². The van der Waals surface area contributed by atoms with E-state index < -0.39 is 11.9 Å². The maximum absolute atomic E-state index is 14.0. The second-order valence-electron chi connectivity index (χ2n) is 9.11. The Morgan fingerprint density at radius 3 is 2.64 bits per heavy atom. The fourth-order valence-corrected chi connectivity index (χ4v) is 5.76. The molecule has 6 nitrogen and oxygen atoms in total. The number of benzene rings is 1. The molecular weight excluding hydrogens is 441 g/mol. The van der Waals surface area contributed by atoms with Crippen molar-refractivity contribution in [2.24, 2.45) is 11.1 Å². The fourth-order valence-electron chi connectivity index (χ4n) is 5.55. The first kappa shape index (κ1) is 21.8. The molecule has 1 atom stereocenters. The number of aryl methyl sites for hydroxylation is 1. The van der Waals surface area contributed by atoms with Crippen molar-refractivity contribution in [2.45, 2.75) is 39.0 Å². The van der Waals surface area contributed by atoms with Crippen LogP contribution in [0.25, 0.3) is 11.1 Å². The van der Waals surface area contributed by atoms with E-state index in [1.807, 2.05) is 0 Å². The highest BCUT2D eigenvalue weighted by Crippen LogP contribution is 2.53. The molecule has 1 fully saturated rings. The van der Waals surface area contributed by atoms with E-state index >= 15 is 0 Å². The lowest BCUT2D eigenvalue weighted by molar-refractivity contribution is 0.0996. The van der Waals surface area contributed by atoms with Crippen LogP contribution in [0.2, 0.25) is 5.02 Å². The highest BCUT2D eigenvalue weighted by Gasteiger charge is 2.45. The zero-order chi connectivity index (χ0) is 23.3. The van der Waals surface area contributed by atoms with Crippen LogP contribution in [0.3, 0.4) is 0 Å². The number of piperidine rings is 1. The van der Waals surface area contributed by atoms with Crippen LogP contribution in [0.15, 0.2) is 36.5 Å². The lowest BCUT2D eigenvalue weighted by Gasteiger charge is -2.42. The van der Waals surface area contributed by atoms with E-state index in [9.17, 15) is 9.18 Å². The van der Waals surface area contributed by atoms with E-state index in [0.29, 0.717) is 28.7 Å². The molecule has 3 aromatic rings. The SMILES string of the molecule is Cc1nc(N2CCC3(CC2)Cc2ccccc2[C@H]3C)nc(C(N)=O)c1-c1ccnc(F)c1Cl. The number of nitrogens with two attached hydrogens (primary N) is 1. The normalized spacial score (nSPS) is 19.0. The molecule has 1 aromatic carbocycles. The molecule has 3 heterocycles. The zero-order valence-corrected chi connectivity index (χ0v) is 19.4. The predicted octanol–water partition coefficient (Wildman–Crippen LogP) is 4.68. The molecule has 1 saturated heterocycles. The van der Waals surface area contributed by atoms with Gasteiger partial charge in [-0.25, -0.2) is 15.0 Å². The average Bonchev–Trinajstić information content (AvgIpc) is 3.07. The quantitative estimate of drug-likeness (QED) is 0.567. The standard InChI is InChI=1S/C25H25ClFN5O/c1-14-17-6-4-3-5-16(17)13-25(14)8-11-32(12-9-25)24-30-15(2)19(21(31-24)23(28)33)18-7-10-29-22(27)20(18)26/h3-7,10,14H,8-9,11-13H2,1-2H3,(H2,28,33)/t14-/m1/s1. The van der Waals surface area contributed by atoms with Gasteiger partial charge in [0, 0.05) is 30.4 Å². The molecule has 1 spiro atoms. The molecule has 1 aliphatic heterocycles. The molecule has 2 aliphatic rings. The summed E-state index contributed by atoms with van der Waals surface area (Å²) in [5.41, 5.74) is 10.0. The Morgan fingerprint density at radius 1 is 1.21 bits per heavy atom. The first-order valence-corrected chi connectivity index (χ1v) is 11.5. The smallest absolute Gasteiger partial charge is 0.268 e.